The van der Waals surface area contributed by atoms with Crippen molar-refractivity contribution >= 4 is 27.8 Å². The zero-order chi connectivity index (χ0) is 20.2. The van der Waals surface area contributed by atoms with E-state index in [1.54, 1.807) is 24.3 Å². The van der Waals surface area contributed by atoms with Crippen LogP contribution in [0.5, 0.6) is 0 Å². The van der Waals surface area contributed by atoms with Crippen LogP contribution in [0.25, 0.3) is 0 Å². The molecular formula is C18H15BrF3NO4. The number of benzene rings is 2. The summed E-state index contributed by atoms with van der Waals surface area (Å²) in [5.74, 6) is -2.33. The van der Waals surface area contributed by atoms with Gasteiger partial charge in [0.2, 0.25) is 0 Å². The second kappa shape index (κ2) is 8.53. The van der Waals surface area contributed by atoms with E-state index in [0.29, 0.717) is 10.0 Å². The van der Waals surface area contributed by atoms with E-state index in [1.165, 1.54) is 0 Å². The van der Waals surface area contributed by atoms with Crippen molar-refractivity contribution in [1.82, 2.24) is 5.32 Å². The number of carbonyl (C=O) groups is 2. The van der Waals surface area contributed by atoms with E-state index in [1.807, 2.05) is 0 Å². The molecule has 1 amide bonds. The lowest BCUT2D eigenvalue weighted by atomic mass is 10.0. The molecule has 0 fully saturated rings. The molecule has 2 aromatic carbocycles. The van der Waals surface area contributed by atoms with Crippen molar-refractivity contribution in [2.24, 2.45) is 0 Å². The number of alkyl halides is 3. The van der Waals surface area contributed by atoms with Crippen LogP contribution in [0.1, 0.15) is 22.8 Å². The summed E-state index contributed by atoms with van der Waals surface area (Å²) in [6.07, 6.45) is -6.38. The smallest absolute Gasteiger partial charge is 0.416 e. The molecule has 27 heavy (non-hydrogen) atoms. The molecule has 0 aliphatic heterocycles. The molecule has 0 aliphatic rings. The molecule has 2 atom stereocenters. The van der Waals surface area contributed by atoms with Gasteiger partial charge in [0, 0.05) is 10.9 Å². The maximum absolute atomic E-state index is 12.6. The Balaban J connectivity index is 2.10. The van der Waals surface area contributed by atoms with Gasteiger partial charge in [-0.25, -0.2) is 4.79 Å². The molecule has 3 N–H and O–H groups in total. The Kier molecular flexibility index (Phi) is 6.61. The van der Waals surface area contributed by atoms with E-state index in [2.05, 4.69) is 21.2 Å². The topological polar surface area (TPSA) is 86.6 Å². The number of amides is 1. The van der Waals surface area contributed by atoms with Crippen LogP contribution in [0.15, 0.2) is 53.0 Å². The maximum atomic E-state index is 12.6. The van der Waals surface area contributed by atoms with Crippen molar-refractivity contribution in [3.05, 3.63) is 69.7 Å². The first-order valence-corrected chi connectivity index (χ1v) is 8.50. The Bertz CT molecular complexity index is 824. The van der Waals surface area contributed by atoms with Gasteiger partial charge in [0.25, 0.3) is 5.91 Å². The predicted molar refractivity (Wildman–Crippen MR) is 93.8 cm³/mol. The quantitative estimate of drug-likeness (QED) is 0.636. The minimum Gasteiger partial charge on any atom is -0.480 e. The highest BCUT2D eigenvalue weighted by atomic mass is 79.9. The summed E-state index contributed by atoms with van der Waals surface area (Å²) >= 11 is 3.28. The summed E-state index contributed by atoms with van der Waals surface area (Å²) in [5.41, 5.74) is -0.365. The molecule has 0 radical (unpaired) electrons. The van der Waals surface area contributed by atoms with Crippen molar-refractivity contribution in [2.75, 3.05) is 0 Å². The van der Waals surface area contributed by atoms with E-state index in [4.69, 9.17) is 0 Å². The molecule has 0 aliphatic carbocycles. The Labute approximate surface area is 161 Å². The molecule has 0 unspecified atom stereocenters. The van der Waals surface area contributed by atoms with Crippen LogP contribution in [-0.2, 0) is 22.2 Å². The number of halogens is 4. The first-order valence-electron chi connectivity index (χ1n) is 7.71. The van der Waals surface area contributed by atoms with Gasteiger partial charge in [-0.1, -0.05) is 46.3 Å². The Morgan fingerprint density at radius 1 is 1.07 bits per heavy atom. The van der Waals surface area contributed by atoms with Crippen molar-refractivity contribution < 1.29 is 33.0 Å². The molecule has 0 aromatic heterocycles. The summed E-state index contributed by atoms with van der Waals surface area (Å²) in [5, 5.41) is 21.6. The molecule has 5 nitrogen and oxygen atoms in total. The van der Waals surface area contributed by atoms with Crippen LogP contribution in [-0.4, -0.2) is 28.1 Å². The lowest BCUT2D eigenvalue weighted by molar-refractivity contribution is -0.143. The molecular weight excluding hydrogens is 431 g/mol. The molecule has 0 heterocycles. The number of nitrogens with one attached hydrogen (secondary N) is 1. The van der Waals surface area contributed by atoms with Gasteiger partial charge in [0.15, 0.2) is 6.10 Å². The second-order valence-corrected chi connectivity index (χ2v) is 6.57. The Morgan fingerprint density at radius 3 is 2.19 bits per heavy atom. The van der Waals surface area contributed by atoms with Gasteiger partial charge >= 0.3 is 12.1 Å². The molecule has 0 saturated heterocycles. The lowest BCUT2D eigenvalue weighted by Crippen LogP contribution is -2.44. The van der Waals surface area contributed by atoms with E-state index in [0.717, 1.165) is 24.3 Å². The van der Waals surface area contributed by atoms with E-state index >= 15 is 0 Å². The van der Waals surface area contributed by atoms with Gasteiger partial charge < -0.3 is 15.5 Å². The first kappa shape index (κ1) is 20.9. The van der Waals surface area contributed by atoms with Crippen LogP contribution < -0.4 is 5.32 Å². The minimum absolute atomic E-state index is 0.0395. The summed E-state index contributed by atoms with van der Waals surface area (Å²) in [7, 11) is 0. The average molecular weight is 446 g/mol. The summed E-state index contributed by atoms with van der Waals surface area (Å²) < 4.78 is 38.4. The average Bonchev–Trinajstić information content (AvgIpc) is 2.61. The van der Waals surface area contributed by atoms with E-state index in [9.17, 15) is 33.0 Å². The van der Waals surface area contributed by atoms with Crippen LogP contribution in [0.3, 0.4) is 0 Å². The third-order valence-corrected chi connectivity index (χ3v) is 4.57. The zero-order valence-corrected chi connectivity index (χ0v) is 15.3. The third-order valence-electron chi connectivity index (χ3n) is 3.80. The van der Waals surface area contributed by atoms with Gasteiger partial charge in [-0.15, -0.1) is 0 Å². The SMILES string of the molecule is O=C(O)[C@H](Cc1ccccc1Br)NC(=O)[C@H](O)c1ccc(C(F)(F)F)cc1. The van der Waals surface area contributed by atoms with Gasteiger partial charge in [-0.2, -0.15) is 13.2 Å². The van der Waals surface area contributed by atoms with Crippen LogP contribution in [0, 0.1) is 0 Å². The third kappa shape index (κ3) is 5.54. The Hall–Kier alpha value is -2.39. The second-order valence-electron chi connectivity index (χ2n) is 5.72. The molecule has 0 bridgehead atoms. The number of hydrogen-bond donors (Lipinski definition) is 3. The van der Waals surface area contributed by atoms with E-state index in [-0.39, 0.29) is 12.0 Å². The van der Waals surface area contributed by atoms with Crippen molar-refractivity contribution in [3.8, 4) is 0 Å². The summed E-state index contributed by atoms with van der Waals surface area (Å²) in [6, 6.07) is 8.94. The number of carboxylic acids is 1. The van der Waals surface area contributed by atoms with Gasteiger partial charge in [-0.05, 0) is 29.3 Å². The first-order chi connectivity index (χ1) is 12.6. The highest BCUT2D eigenvalue weighted by Gasteiger charge is 2.31. The fourth-order valence-corrected chi connectivity index (χ4v) is 2.79. The molecule has 144 valence electrons. The highest BCUT2D eigenvalue weighted by molar-refractivity contribution is 9.10. The molecule has 9 heteroatoms. The fourth-order valence-electron chi connectivity index (χ4n) is 2.34. The van der Waals surface area contributed by atoms with E-state index < -0.39 is 35.8 Å². The summed E-state index contributed by atoms with van der Waals surface area (Å²) in [6.45, 7) is 0. The van der Waals surface area contributed by atoms with Gasteiger partial charge in [0.05, 0.1) is 5.56 Å². The van der Waals surface area contributed by atoms with Crippen LogP contribution in [0.4, 0.5) is 13.2 Å². The largest absolute Gasteiger partial charge is 0.480 e. The van der Waals surface area contributed by atoms with Crippen molar-refractivity contribution in [3.63, 3.8) is 0 Å². The highest BCUT2D eigenvalue weighted by Crippen LogP contribution is 2.30. The Morgan fingerprint density at radius 2 is 1.67 bits per heavy atom. The number of rotatable bonds is 6. The van der Waals surface area contributed by atoms with Crippen molar-refractivity contribution in [2.45, 2.75) is 24.7 Å². The van der Waals surface area contributed by atoms with Crippen LogP contribution in [0.2, 0.25) is 0 Å². The monoisotopic (exact) mass is 445 g/mol. The molecule has 0 spiro atoms. The number of carboxylic acid groups (broad SMARTS) is 1. The standard InChI is InChI=1S/C18H15BrF3NO4/c19-13-4-2-1-3-11(13)9-14(17(26)27)23-16(25)15(24)10-5-7-12(8-6-10)18(20,21)22/h1-8,14-15,24H,9H2,(H,23,25)(H,26,27)/t14-,15+/m0/s1. The molecule has 2 aromatic rings. The lowest BCUT2D eigenvalue weighted by Gasteiger charge is -2.18. The predicted octanol–water partition coefficient (Wildman–Crippen LogP) is 3.31. The normalized spacial score (nSPS) is 13.7. The van der Waals surface area contributed by atoms with Gasteiger partial charge in [-0.3, -0.25) is 4.79 Å². The number of aliphatic hydroxyl groups excluding tert-OH is 1. The zero-order valence-electron chi connectivity index (χ0n) is 13.7. The number of hydrogen-bond acceptors (Lipinski definition) is 3. The maximum Gasteiger partial charge on any atom is 0.416 e. The van der Waals surface area contributed by atoms with Gasteiger partial charge in [0.1, 0.15) is 6.04 Å². The minimum atomic E-state index is -4.54. The summed E-state index contributed by atoms with van der Waals surface area (Å²) in [4.78, 5) is 23.6. The number of aliphatic hydroxyl groups is 1. The number of carbonyl (C=O) groups excluding carboxylic acids is 1. The fraction of sp³-hybridized carbons (Fsp3) is 0.222. The van der Waals surface area contributed by atoms with Crippen molar-refractivity contribution in [1.29, 1.82) is 0 Å². The number of aliphatic carboxylic acids is 1. The molecule has 0 saturated carbocycles. The molecule has 2 rings (SSSR count). The van der Waals surface area contributed by atoms with Crippen LogP contribution >= 0.6 is 15.9 Å².